The second kappa shape index (κ2) is 6.40. The van der Waals surface area contributed by atoms with E-state index >= 15 is 0 Å². The topological polar surface area (TPSA) is 66.6 Å². The number of hydrogen-bond acceptors (Lipinski definition) is 4. The van der Waals surface area contributed by atoms with Crippen molar-refractivity contribution in [1.29, 1.82) is 0 Å². The van der Waals surface area contributed by atoms with Crippen LogP contribution in [-0.2, 0) is 11.3 Å². The van der Waals surface area contributed by atoms with Gasteiger partial charge in [0, 0.05) is 11.6 Å². The summed E-state index contributed by atoms with van der Waals surface area (Å²) in [4.78, 5) is 18.2. The zero-order chi connectivity index (χ0) is 16.5. The van der Waals surface area contributed by atoms with E-state index in [0.29, 0.717) is 24.4 Å². The molecule has 1 aromatic carbocycles. The van der Waals surface area contributed by atoms with Gasteiger partial charge >= 0.3 is 5.97 Å². The molecule has 2 aromatic rings. The molecule has 24 heavy (non-hydrogen) atoms. The fourth-order valence-electron chi connectivity index (χ4n) is 4.30. The summed E-state index contributed by atoms with van der Waals surface area (Å²) in [6.45, 7) is 0.477. The highest BCUT2D eigenvalue weighted by molar-refractivity contribution is 5.74. The molecule has 1 aliphatic heterocycles. The van der Waals surface area contributed by atoms with E-state index in [9.17, 15) is 9.90 Å². The maximum absolute atomic E-state index is 11.7. The van der Waals surface area contributed by atoms with Gasteiger partial charge in [-0.2, -0.15) is 0 Å². The highest BCUT2D eigenvalue weighted by atomic mass is 16.4. The molecule has 3 atom stereocenters. The lowest BCUT2D eigenvalue weighted by atomic mass is 9.85. The second-order valence-corrected chi connectivity index (χ2v) is 6.86. The fraction of sp³-hybridized carbons (Fsp3) is 0.474. The van der Waals surface area contributed by atoms with E-state index in [-0.39, 0.29) is 0 Å². The van der Waals surface area contributed by atoms with Gasteiger partial charge in [0.1, 0.15) is 6.04 Å². The molecule has 5 heteroatoms. The van der Waals surface area contributed by atoms with Crippen molar-refractivity contribution in [2.24, 2.45) is 5.92 Å². The van der Waals surface area contributed by atoms with Gasteiger partial charge in [-0.25, -0.2) is 4.98 Å². The lowest BCUT2D eigenvalue weighted by molar-refractivity contribution is -0.143. The highest BCUT2D eigenvalue weighted by Gasteiger charge is 2.45. The van der Waals surface area contributed by atoms with Crippen molar-refractivity contribution < 1.29 is 14.3 Å². The van der Waals surface area contributed by atoms with Crippen molar-refractivity contribution in [3.05, 3.63) is 42.4 Å². The predicted molar refractivity (Wildman–Crippen MR) is 89.3 cm³/mol. The molecule has 1 aromatic heterocycles. The van der Waals surface area contributed by atoms with E-state index in [4.69, 9.17) is 4.42 Å². The Bertz CT molecular complexity index is 712. The van der Waals surface area contributed by atoms with E-state index in [1.54, 1.807) is 6.20 Å². The van der Waals surface area contributed by atoms with Crippen LogP contribution < -0.4 is 0 Å². The van der Waals surface area contributed by atoms with Crippen LogP contribution in [0.15, 0.2) is 40.9 Å². The molecular weight excluding hydrogens is 304 g/mol. The smallest absolute Gasteiger partial charge is 0.320 e. The van der Waals surface area contributed by atoms with Gasteiger partial charge in [0.2, 0.25) is 5.89 Å². The maximum atomic E-state index is 11.7. The summed E-state index contributed by atoms with van der Waals surface area (Å²) < 4.78 is 5.89. The first kappa shape index (κ1) is 15.4. The number of fused-ring (bicyclic) bond motifs is 1. The molecule has 2 heterocycles. The van der Waals surface area contributed by atoms with E-state index in [1.165, 1.54) is 12.8 Å². The van der Waals surface area contributed by atoms with E-state index < -0.39 is 12.0 Å². The van der Waals surface area contributed by atoms with Crippen LogP contribution in [0.4, 0.5) is 0 Å². The van der Waals surface area contributed by atoms with Crippen LogP contribution in [0.25, 0.3) is 11.3 Å². The van der Waals surface area contributed by atoms with Gasteiger partial charge in [0.25, 0.3) is 0 Å². The Kier molecular flexibility index (Phi) is 4.10. The molecule has 1 N–H and O–H groups in total. The summed E-state index contributed by atoms with van der Waals surface area (Å²) in [5.74, 6) is 1.12. The number of likely N-dealkylation sites (tertiary alicyclic amines) is 1. The van der Waals surface area contributed by atoms with E-state index in [0.717, 1.165) is 30.6 Å². The number of oxazole rings is 1. The number of carbonyl (C=O) groups is 1. The molecule has 4 rings (SSSR count). The van der Waals surface area contributed by atoms with Crippen molar-refractivity contribution in [3.63, 3.8) is 0 Å². The van der Waals surface area contributed by atoms with Crippen LogP contribution in [0, 0.1) is 5.92 Å². The van der Waals surface area contributed by atoms with Crippen LogP contribution in [-0.4, -0.2) is 33.0 Å². The lowest BCUT2D eigenvalue weighted by Crippen LogP contribution is -2.41. The molecule has 2 fully saturated rings. The van der Waals surface area contributed by atoms with E-state index in [2.05, 4.69) is 9.88 Å². The first-order chi connectivity index (χ1) is 11.7. The lowest BCUT2D eigenvalue weighted by Gasteiger charge is -2.32. The summed E-state index contributed by atoms with van der Waals surface area (Å²) in [6, 6.07) is 9.80. The van der Waals surface area contributed by atoms with Crippen molar-refractivity contribution in [2.75, 3.05) is 0 Å². The third-order valence-corrected chi connectivity index (χ3v) is 5.44. The van der Waals surface area contributed by atoms with Gasteiger partial charge in [-0.15, -0.1) is 0 Å². The number of nitrogens with zero attached hydrogens (tertiary/aromatic N) is 2. The monoisotopic (exact) mass is 326 g/mol. The van der Waals surface area contributed by atoms with Gasteiger partial charge < -0.3 is 9.52 Å². The molecule has 0 radical (unpaired) electrons. The average Bonchev–Trinajstić information content (AvgIpc) is 3.21. The molecule has 2 aliphatic rings. The summed E-state index contributed by atoms with van der Waals surface area (Å²) >= 11 is 0. The molecule has 0 bridgehead atoms. The van der Waals surface area contributed by atoms with Crippen molar-refractivity contribution in [2.45, 2.75) is 50.7 Å². The normalized spacial score (nSPS) is 27.1. The Morgan fingerprint density at radius 1 is 1.25 bits per heavy atom. The minimum Gasteiger partial charge on any atom is -0.480 e. The summed E-state index contributed by atoms with van der Waals surface area (Å²) in [7, 11) is 0. The molecule has 0 amide bonds. The molecular formula is C19H22N2O3. The summed E-state index contributed by atoms with van der Waals surface area (Å²) in [5, 5.41) is 9.60. The van der Waals surface area contributed by atoms with Crippen LogP contribution in [0.5, 0.6) is 0 Å². The summed E-state index contributed by atoms with van der Waals surface area (Å²) in [6.07, 6.45) is 7.12. The zero-order valence-electron chi connectivity index (χ0n) is 13.6. The van der Waals surface area contributed by atoms with Crippen molar-refractivity contribution in [1.82, 2.24) is 9.88 Å². The third kappa shape index (κ3) is 2.84. The van der Waals surface area contributed by atoms with Crippen LogP contribution in [0.1, 0.15) is 38.0 Å². The quantitative estimate of drug-likeness (QED) is 0.930. The number of benzene rings is 1. The Balaban J connectivity index is 1.55. The Morgan fingerprint density at radius 3 is 2.83 bits per heavy atom. The standard InChI is InChI=1S/C19H22N2O3/c22-19(23)16-10-14-8-4-5-9-15(14)21(16)12-18-20-11-17(24-18)13-6-2-1-3-7-13/h1-3,6-7,11,14-16H,4-5,8-10,12H2,(H,22,23)/t14-,15+,16+/m1/s1. The Hall–Kier alpha value is -2.14. The van der Waals surface area contributed by atoms with E-state index in [1.807, 2.05) is 30.3 Å². The average molecular weight is 326 g/mol. The molecule has 1 saturated heterocycles. The van der Waals surface area contributed by atoms with Gasteiger partial charge in [0.05, 0.1) is 12.7 Å². The third-order valence-electron chi connectivity index (χ3n) is 5.44. The first-order valence-electron chi connectivity index (χ1n) is 8.71. The van der Waals surface area contributed by atoms with Crippen LogP contribution >= 0.6 is 0 Å². The first-order valence-corrected chi connectivity index (χ1v) is 8.71. The largest absolute Gasteiger partial charge is 0.480 e. The van der Waals surface area contributed by atoms with Gasteiger partial charge in [0.15, 0.2) is 5.76 Å². The predicted octanol–water partition coefficient (Wildman–Crippen LogP) is 3.56. The Labute approximate surface area is 141 Å². The summed E-state index contributed by atoms with van der Waals surface area (Å²) in [5.41, 5.74) is 0.989. The maximum Gasteiger partial charge on any atom is 0.320 e. The van der Waals surface area contributed by atoms with Gasteiger partial charge in [-0.1, -0.05) is 43.2 Å². The Morgan fingerprint density at radius 2 is 2.04 bits per heavy atom. The number of aliphatic carboxylic acids is 1. The van der Waals surface area contributed by atoms with Crippen molar-refractivity contribution in [3.8, 4) is 11.3 Å². The molecule has 0 unspecified atom stereocenters. The number of aromatic nitrogens is 1. The van der Waals surface area contributed by atoms with Gasteiger partial charge in [-0.3, -0.25) is 9.69 Å². The zero-order valence-corrected chi connectivity index (χ0v) is 13.6. The SMILES string of the molecule is O=C(O)[C@@H]1C[C@H]2CCCC[C@@H]2N1Cc1ncc(-c2ccccc2)o1. The molecule has 1 saturated carbocycles. The van der Waals surface area contributed by atoms with Crippen molar-refractivity contribution >= 4 is 5.97 Å². The number of hydrogen-bond donors (Lipinski definition) is 1. The molecule has 0 spiro atoms. The fourth-order valence-corrected chi connectivity index (χ4v) is 4.30. The minimum atomic E-state index is -0.723. The molecule has 126 valence electrons. The second-order valence-electron chi connectivity index (χ2n) is 6.86. The highest BCUT2D eigenvalue weighted by Crippen LogP contribution is 2.40. The minimum absolute atomic E-state index is 0.354. The number of carboxylic acid groups (broad SMARTS) is 1. The number of carboxylic acids is 1. The van der Waals surface area contributed by atoms with Crippen LogP contribution in [0.3, 0.4) is 0 Å². The molecule has 1 aliphatic carbocycles. The molecule has 5 nitrogen and oxygen atoms in total. The van der Waals surface area contributed by atoms with Crippen LogP contribution in [0.2, 0.25) is 0 Å². The van der Waals surface area contributed by atoms with Gasteiger partial charge in [-0.05, 0) is 25.2 Å². The number of rotatable bonds is 4.